The molecule has 4 nitrogen and oxygen atoms in total. The maximum Gasteiger partial charge on any atom is 0.213 e. The first-order chi connectivity index (χ1) is 10.2. The molecule has 0 aliphatic rings. The number of methoxy groups -OCH3 is 1. The number of pyridine rings is 1. The van der Waals surface area contributed by atoms with Crippen LogP contribution in [0.15, 0.2) is 36.4 Å². The standard InChI is InChI=1S/C17H22N2O2/c1-4-18-11-15-7-10-17(19-13(15)2)21-12-14-5-8-16(20-3)9-6-14/h5-10,18H,4,11-12H2,1-3H3. The van der Waals surface area contributed by atoms with Crippen LogP contribution in [0.2, 0.25) is 0 Å². The first-order valence-electron chi connectivity index (χ1n) is 7.16. The number of aromatic nitrogens is 1. The number of rotatable bonds is 7. The summed E-state index contributed by atoms with van der Waals surface area (Å²) in [5, 5.41) is 3.30. The van der Waals surface area contributed by atoms with Crippen LogP contribution in [0.1, 0.15) is 23.7 Å². The minimum absolute atomic E-state index is 0.503. The van der Waals surface area contributed by atoms with E-state index in [0.29, 0.717) is 12.5 Å². The Kier molecular flexibility index (Phi) is 5.58. The van der Waals surface area contributed by atoms with E-state index in [1.807, 2.05) is 37.3 Å². The zero-order valence-electron chi connectivity index (χ0n) is 12.8. The highest BCUT2D eigenvalue weighted by atomic mass is 16.5. The van der Waals surface area contributed by atoms with Crippen LogP contribution < -0.4 is 14.8 Å². The minimum Gasteiger partial charge on any atom is -0.497 e. The van der Waals surface area contributed by atoms with Gasteiger partial charge in [-0.1, -0.05) is 25.1 Å². The van der Waals surface area contributed by atoms with Gasteiger partial charge in [-0.15, -0.1) is 0 Å². The lowest BCUT2D eigenvalue weighted by Crippen LogP contribution is -2.13. The average molecular weight is 286 g/mol. The van der Waals surface area contributed by atoms with Crippen LogP contribution in [-0.2, 0) is 13.2 Å². The molecule has 0 bridgehead atoms. The molecule has 21 heavy (non-hydrogen) atoms. The summed E-state index contributed by atoms with van der Waals surface area (Å²) < 4.78 is 10.9. The molecular weight excluding hydrogens is 264 g/mol. The van der Waals surface area contributed by atoms with Gasteiger partial charge in [-0.3, -0.25) is 0 Å². The summed E-state index contributed by atoms with van der Waals surface area (Å²) in [7, 11) is 1.66. The second-order valence-corrected chi connectivity index (χ2v) is 4.81. The Hall–Kier alpha value is -2.07. The first-order valence-corrected chi connectivity index (χ1v) is 7.16. The minimum atomic E-state index is 0.503. The molecule has 0 fully saturated rings. The van der Waals surface area contributed by atoms with E-state index >= 15 is 0 Å². The molecule has 0 aliphatic heterocycles. The second kappa shape index (κ2) is 7.64. The van der Waals surface area contributed by atoms with E-state index in [4.69, 9.17) is 9.47 Å². The summed E-state index contributed by atoms with van der Waals surface area (Å²) in [5.41, 5.74) is 3.30. The van der Waals surface area contributed by atoms with Gasteiger partial charge in [0.15, 0.2) is 0 Å². The number of hydrogen-bond acceptors (Lipinski definition) is 4. The van der Waals surface area contributed by atoms with Gasteiger partial charge in [-0.2, -0.15) is 0 Å². The monoisotopic (exact) mass is 286 g/mol. The van der Waals surface area contributed by atoms with Crippen molar-refractivity contribution in [1.29, 1.82) is 0 Å². The van der Waals surface area contributed by atoms with Gasteiger partial charge in [0, 0.05) is 18.3 Å². The summed E-state index contributed by atoms with van der Waals surface area (Å²) in [6.45, 7) is 6.40. The van der Waals surface area contributed by atoms with E-state index in [-0.39, 0.29) is 0 Å². The van der Waals surface area contributed by atoms with Gasteiger partial charge in [0.1, 0.15) is 12.4 Å². The zero-order valence-corrected chi connectivity index (χ0v) is 12.8. The molecule has 0 amide bonds. The molecule has 0 atom stereocenters. The maximum atomic E-state index is 5.73. The second-order valence-electron chi connectivity index (χ2n) is 4.81. The quantitative estimate of drug-likeness (QED) is 0.849. The maximum absolute atomic E-state index is 5.73. The topological polar surface area (TPSA) is 43.4 Å². The van der Waals surface area contributed by atoms with Crippen LogP contribution in [0.5, 0.6) is 11.6 Å². The molecule has 0 unspecified atom stereocenters. The molecule has 2 rings (SSSR count). The van der Waals surface area contributed by atoms with Crippen LogP contribution in [-0.4, -0.2) is 18.6 Å². The van der Waals surface area contributed by atoms with Crippen LogP contribution >= 0.6 is 0 Å². The number of ether oxygens (including phenoxy) is 2. The van der Waals surface area contributed by atoms with Gasteiger partial charge in [0.2, 0.25) is 5.88 Å². The van der Waals surface area contributed by atoms with Crippen molar-refractivity contribution in [3.63, 3.8) is 0 Å². The molecule has 1 aromatic carbocycles. The highest BCUT2D eigenvalue weighted by molar-refractivity contribution is 5.28. The lowest BCUT2D eigenvalue weighted by molar-refractivity contribution is 0.293. The Morgan fingerprint density at radius 2 is 1.86 bits per heavy atom. The van der Waals surface area contributed by atoms with Gasteiger partial charge < -0.3 is 14.8 Å². The normalized spacial score (nSPS) is 10.4. The first kappa shape index (κ1) is 15.3. The lowest BCUT2D eigenvalue weighted by atomic mass is 10.2. The van der Waals surface area contributed by atoms with Gasteiger partial charge in [0.05, 0.1) is 7.11 Å². The van der Waals surface area contributed by atoms with E-state index in [0.717, 1.165) is 30.1 Å². The van der Waals surface area contributed by atoms with E-state index in [9.17, 15) is 0 Å². The molecule has 0 spiro atoms. The number of nitrogens with zero attached hydrogens (tertiary/aromatic N) is 1. The van der Waals surface area contributed by atoms with E-state index < -0.39 is 0 Å². The van der Waals surface area contributed by atoms with Crippen LogP contribution in [0, 0.1) is 6.92 Å². The third-order valence-electron chi connectivity index (χ3n) is 3.28. The van der Waals surface area contributed by atoms with Crippen molar-refractivity contribution >= 4 is 0 Å². The molecule has 0 saturated heterocycles. The van der Waals surface area contributed by atoms with Crippen molar-refractivity contribution in [2.24, 2.45) is 0 Å². The number of hydrogen-bond donors (Lipinski definition) is 1. The van der Waals surface area contributed by atoms with Crippen molar-refractivity contribution in [2.45, 2.75) is 27.0 Å². The van der Waals surface area contributed by atoms with Crippen LogP contribution in [0.25, 0.3) is 0 Å². The Morgan fingerprint density at radius 1 is 1.10 bits per heavy atom. The molecule has 1 heterocycles. The molecule has 0 radical (unpaired) electrons. The van der Waals surface area contributed by atoms with E-state index in [2.05, 4.69) is 23.3 Å². The molecule has 2 aromatic rings. The fourth-order valence-corrected chi connectivity index (χ4v) is 1.97. The van der Waals surface area contributed by atoms with Crippen LogP contribution in [0.4, 0.5) is 0 Å². The SMILES string of the molecule is CCNCc1ccc(OCc2ccc(OC)cc2)nc1C. The van der Waals surface area contributed by atoms with Gasteiger partial charge in [-0.05, 0) is 36.7 Å². The highest BCUT2D eigenvalue weighted by Gasteiger charge is 2.03. The van der Waals surface area contributed by atoms with Crippen molar-refractivity contribution in [1.82, 2.24) is 10.3 Å². The number of nitrogens with one attached hydrogen (secondary N) is 1. The predicted octanol–water partition coefficient (Wildman–Crippen LogP) is 3.09. The lowest BCUT2D eigenvalue weighted by Gasteiger charge is -2.10. The zero-order chi connectivity index (χ0) is 15.1. The summed E-state index contributed by atoms with van der Waals surface area (Å²) >= 11 is 0. The number of aryl methyl sites for hydroxylation is 1. The van der Waals surface area contributed by atoms with Crippen molar-refractivity contribution in [3.8, 4) is 11.6 Å². The molecule has 1 aromatic heterocycles. The molecule has 1 N–H and O–H groups in total. The third-order valence-corrected chi connectivity index (χ3v) is 3.28. The Bertz CT molecular complexity index is 568. The molecular formula is C17H22N2O2. The molecule has 0 aliphatic carbocycles. The Morgan fingerprint density at radius 3 is 2.48 bits per heavy atom. The summed E-state index contributed by atoms with van der Waals surface area (Å²) in [6, 6.07) is 11.8. The third kappa shape index (κ3) is 4.46. The van der Waals surface area contributed by atoms with Gasteiger partial charge >= 0.3 is 0 Å². The molecule has 4 heteroatoms. The summed E-state index contributed by atoms with van der Waals surface area (Å²) in [4.78, 5) is 4.49. The Balaban J connectivity index is 1.94. The summed E-state index contributed by atoms with van der Waals surface area (Å²) in [5.74, 6) is 1.50. The molecule has 0 saturated carbocycles. The molecule has 112 valence electrons. The van der Waals surface area contributed by atoms with Gasteiger partial charge in [0.25, 0.3) is 0 Å². The largest absolute Gasteiger partial charge is 0.497 e. The fraction of sp³-hybridized carbons (Fsp3) is 0.353. The fourth-order valence-electron chi connectivity index (χ4n) is 1.97. The number of benzene rings is 1. The highest BCUT2D eigenvalue weighted by Crippen LogP contribution is 2.16. The van der Waals surface area contributed by atoms with Crippen molar-refractivity contribution in [3.05, 3.63) is 53.2 Å². The average Bonchev–Trinajstić information content (AvgIpc) is 2.52. The predicted molar refractivity (Wildman–Crippen MR) is 83.7 cm³/mol. The van der Waals surface area contributed by atoms with E-state index in [1.165, 1.54) is 5.56 Å². The van der Waals surface area contributed by atoms with E-state index in [1.54, 1.807) is 7.11 Å². The van der Waals surface area contributed by atoms with Gasteiger partial charge in [-0.25, -0.2) is 4.98 Å². The van der Waals surface area contributed by atoms with Crippen molar-refractivity contribution < 1.29 is 9.47 Å². The Labute approximate surface area is 126 Å². The summed E-state index contributed by atoms with van der Waals surface area (Å²) in [6.07, 6.45) is 0. The van der Waals surface area contributed by atoms with Crippen molar-refractivity contribution in [2.75, 3.05) is 13.7 Å². The smallest absolute Gasteiger partial charge is 0.213 e. The van der Waals surface area contributed by atoms with Crippen LogP contribution in [0.3, 0.4) is 0 Å².